The number of hydrogen-bond acceptors (Lipinski definition) is 6. The third-order valence-electron chi connectivity index (χ3n) is 5.69. The molecular formula is C24H34N4O3S. The van der Waals surface area contributed by atoms with E-state index in [2.05, 4.69) is 15.2 Å². The number of hydrogen-bond donors (Lipinski definition) is 1. The van der Waals surface area contributed by atoms with Crippen molar-refractivity contribution in [2.24, 2.45) is 0 Å². The Kier molecular flexibility index (Phi) is 9.17. The van der Waals surface area contributed by atoms with Crippen LogP contribution in [0.15, 0.2) is 34.1 Å². The number of nitrogens with one attached hydrogen (secondary N) is 1. The van der Waals surface area contributed by atoms with Crippen LogP contribution in [0.5, 0.6) is 5.75 Å². The Morgan fingerprint density at radius 1 is 1.25 bits per heavy atom. The number of benzene rings is 1. The number of aromatic nitrogens is 2. The molecule has 3 rings (SSSR count). The van der Waals surface area contributed by atoms with Gasteiger partial charge in [0.2, 0.25) is 5.91 Å². The van der Waals surface area contributed by atoms with Crippen molar-refractivity contribution in [1.82, 2.24) is 19.8 Å². The minimum Gasteiger partial charge on any atom is -0.496 e. The lowest BCUT2D eigenvalue weighted by Crippen LogP contribution is -2.32. The van der Waals surface area contributed by atoms with Gasteiger partial charge >= 0.3 is 5.69 Å². The summed E-state index contributed by atoms with van der Waals surface area (Å²) in [5.74, 6) is 1.04. The van der Waals surface area contributed by atoms with Crippen LogP contribution in [0.4, 0.5) is 0 Å². The second kappa shape index (κ2) is 12.1. The van der Waals surface area contributed by atoms with Crippen molar-refractivity contribution >= 4 is 17.7 Å². The summed E-state index contributed by atoms with van der Waals surface area (Å²) in [6.07, 6.45) is 5.65. The first kappa shape index (κ1) is 24.3. The number of thioether (sulfide) groups is 1. The van der Waals surface area contributed by atoms with Gasteiger partial charge in [0.05, 0.1) is 12.9 Å². The summed E-state index contributed by atoms with van der Waals surface area (Å²) in [7, 11) is 5.73. The van der Waals surface area contributed by atoms with Gasteiger partial charge in [0.25, 0.3) is 0 Å². The van der Waals surface area contributed by atoms with Crippen LogP contribution >= 0.6 is 11.8 Å². The highest BCUT2D eigenvalue weighted by Gasteiger charge is 2.21. The van der Waals surface area contributed by atoms with E-state index in [4.69, 9.17) is 4.74 Å². The fraction of sp³-hybridized carbons (Fsp3) is 0.542. The molecule has 0 bridgehead atoms. The van der Waals surface area contributed by atoms with Gasteiger partial charge in [0.15, 0.2) is 0 Å². The van der Waals surface area contributed by atoms with Crippen molar-refractivity contribution in [2.75, 3.05) is 40.0 Å². The van der Waals surface area contributed by atoms with E-state index in [0.717, 1.165) is 66.2 Å². The number of ether oxygens (including phenoxy) is 1. The quantitative estimate of drug-likeness (QED) is 0.412. The van der Waals surface area contributed by atoms with E-state index in [-0.39, 0.29) is 17.3 Å². The number of carbonyl (C=O) groups excluding carboxylic acids is 1. The summed E-state index contributed by atoms with van der Waals surface area (Å²) in [4.78, 5) is 31.6. The average molecular weight is 459 g/mol. The molecule has 7 nitrogen and oxygen atoms in total. The molecule has 1 N–H and O–H groups in total. The summed E-state index contributed by atoms with van der Waals surface area (Å²) in [6, 6.07) is 7.82. The fourth-order valence-corrected chi connectivity index (χ4v) is 4.98. The van der Waals surface area contributed by atoms with Gasteiger partial charge in [-0.2, -0.15) is 4.98 Å². The van der Waals surface area contributed by atoms with Crippen LogP contribution < -0.4 is 15.7 Å². The molecule has 0 fully saturated rings. The Morgan fingerprint density at radius 3 is 2.81 bits per heavy atom. The van der Waals surface area contributed by atoms with Gasteiger partial charge in [0.1, 0.15) is 10.8 Å². The number of amides is 1. The van der Waals surface area contributed by atoms with E-state index in [1.54, 1.807) is 7.11 Å². The molecule has 1 aromatic heterocycles. The van der Waals surface area contributed by atoms with Gasteiger partial charge in [-0.1, -0.05) is 30.0 Å². The smallest absolute Gasteiger partial charge is 0.348 e. The second-order valence-corrected chi connectivity index (χ2v) is 9.30. The van der Waals surface area contributed by atoms with E-state index < -0.39 is 0 Å². The fourth-order valence-electron chi connectivity index (χ4n) is 4.07. The highest BCUT2D eigenvalue weighted by atomic mass is 32.2. The largest absolute Gasteiger partial charge is 0.496 e. The van der Waals surface area contributed by atoms with Crippen molar-refractivity contribution in [3.05, 3.63) is 51.6 Å². The highest BCUT2D eigenvalue weighted by molar-refractivity contribution is 7.99. The van der Waals surface area contributed by atoms with Crippen LogP contribution in [0.2, 0.25) is 0 Å². The summed E-state index contributed by atoms with van der Waals surface area (Å²) in [5, 5.41) is 3.70. The Morgan fingerprint density at radius 2 is 2.03 bits per heavy atom. The van der Waals surface area contributed by atoms with Crippen molar-refractivity contribution in [2.45, 2.75) is 50.1 Å². The van der Waals surface area contributed by atoms with E-state index >= 15 is 0 Å². The van der Waals surface area contributed by atoms with E-state index in [1.165, 1.54) is 11.8 Å². The topological polar surface area (TPSA) is 76.5 Å². The molecule has 2 aromatic rings. The lowest BCUT2D eigenvalue weighted by molar-refractivity contribution is -0.118. The summed E-state index contributed by atoms with van der Waals surface area (Å²) >= 11 is 1.38. The minimum atomic E-state index is -0.191. The lowest BCUT2D eigenvalue weighted by Gasteiger charge is -2.23. The Balaban J connectivity index is 1.59. The Hall–Kier alpha value is -2.32. The van der Waals surface area contributed by atoms with Crippen molar-refractivity contribution in [3.63, 3.8) is 0 Å². The van der Waals surface area contributed by atoms with E-state index in [9.17, 15) is 9.59 Å². The molecule has 0 radical (unpaired) electrons. The minimum absolute atomic E-state index is 0.0496. The number of para-hydroxylation sites is 1. The summed E-state index contributed by atoms with van der Waals surface area (Å²) < 4.78 is 7.22. The normalized spacial score (nSPS) is 13.1. The van der Waals surface area contributed by atoms with Crippen LogP contribution in [0.1, 0.15) is 36.1 Å². The first-order valence-corrected chi connectivity index (χ1v) is 12.3. The van der Waals surface area contributed by atoms with E-state index in [1.807, 2.05) is 42.9 Å². The van der Waals surface area contributed by atoms with Gasteiger partial charge in [-0.15, -0.1) is 0 Å². The molecule has 0 saturated carbocycles. The molecule has 0 saturated heterocycles. The zero-order valence-electron chi connectivity index (χ0n) is 19.4. The highest BCUT2D eigenvalue weighted by Crippen LogP contribution is 2.28. The molecule has 1 heterocycles. The van der Waals surface area contributed by atoms with Gasteiger partial charge in [-0.05, 0) is 70.8 Å². The van der Waals surface area contributed by atoms with Crippen LogP contribution in [0, 0.1) is 0 Å². The second-order valence-electron chi connectivity index (χ2n) is 8.34. The van der Waals surface area contributed by atoms with Gasteiger partial charge < -0.3 is 15.0 Å². The number of carbonyl (C=O) groups is 1. The van der Waals surface area contributed by atoms with E-state index in [0.29, 0.717) is 19.5 Å². The SMILES string of the molecule is COc1ccccc1CCNC(=O)CSc1nc(=O)n(CCCN(C)C)c2c1CCCC2. The number of fused-ring (bicyclic) bond motifs is 1. The molecule has 1 aromatic carbocycles. The van der Waals surface area contributed by atoms with Gasteiger partial charge in [-0.25, -0.2) is 4.79 Å². The summed E-state index contributed by atoms with van der Waals surface area (Å²) in [5.41, 5.74) is 3.15. The van der Waals surface area contributed by atoms with Crippen molar-refractivity contribution in [3.8, 4) is 5.75 Å². The van der Waals surface area contributed by atoms with Crippen molar-refractivity contribution in [1.29, 1.82) is 0 Å². The standard InChI is InChI=1S/C24H34N4O3S/c1-27(2)15-8-16-28-20-11-6-5-10-19(20)23(26-24(28)30)32-17-22(29)25-14-13-18-9-4-7-12-21(18)31-3/h4,7,9,12H,5-6,8,10-11,13-17H2,1-3H3,(H,25,29). The van der Waals surface area contributed by atoms with Gasteiger partial charge in [0, 0.05) is 24.3 Å². The zero-order chi connectivity index (χ0) is 22.9. The maximum absolute atomic E-state index is 12.7. The van der Waals surface area contributed by atoms with Crippen LogP contribution in [0.3, 0.4) is 0 Å². The molecule has 1 amide bonds. The van der Waals surface area contributed by atoms with Crippen molar-refractivity contribution < 1.29 is 9.53 Å². The maximum atomic E-state index is 12.7. The number of rotatable bonds is 11. The molecule has 174 valence electrons. The third kappa shape index (κ3) is 6.59. The molecule has 32 heavy (non-hydrogen) atoms. The van der Waals surface area contributed by atoms with Crippen LogP contribution in [-0.4, -0.2) is 60.4 Å². The first-order chi connectivity index (χ1) is 15.5. The maximum Gasteiger partial charge on any atom is 0.348 e. The molecule has 0 aliphatic heterocycles. The average Bonchev–Trinajstić information content (AvgIpc) is 2.79. The summed E-state index contributed by atoms with van der Waals surface area (Å²) in [6.45, 7) is 2.17. The molecule has 0 spiro atoms. The predicted molar refractivity (Wildman–Crippen MR) is 129 cm³/mol. The molecule has 1 aliphatic rings. The predicted octanol–water partition coefficient (Wildman–Crippen LogP) is 2.53. The van der Waals surface area contributed by atoms with Crippen LogP contribution in [0.25, 0.3) is 0 Å². The molecular weight excluding hydrogens is 424 g/mol. The molecule has 0 atom stereocenters. The van der Waals surface area contributed by atoms with Gasteiger partial charge in [-0.3, -0.25) is 9.36 Å². The lowest BCUT2D eigenvalue weighted by atomic mass is 9.97. The molecule has 0 unspecified atom stereocenters. The monoisotopic (exact) mass is 458 g/mol. The Labute approximate surface area is 194 Å². The first-order valence-electron chi connectivity index (χ1n) is 11.3. The molecule has 8 heteroatoms. The van der Waals surface area contributed by atoms with Crippen LogP contribution in [-0.2, 0) is 30.6 Å². The molecule has 1 aliphatic carbocycles. The Bertz CT molecular complexity index is 974. The number of nitrogens with zero attached hydrogens (tertiary/aromatic N) is 3. The zero-order valence-corrected chi connectivity index (χ0v) is 20.2. The number of methoxy groups -OCH3 is 1. The third-order valence-corrected chi connectivity index (χ3v) is 6.70.